The van der Waals surface area contributed by atoms with E-state index < -0.39 is 0 Å². The van der Waals surface area contributed by atoms with Crippen LogP contribution in [-0.4, -0.2) is 36.1 Å². The summed E-state index contributed by atoms with van der Waals surface area (Å²) < 4.78 is 0. The molecule has 5 nitrogen and oxygen atoms in total. The normalized spacial score (nSPS) is 15.0. The smallest absolute Gasteiger partial charge is 0.345 e. The summed E-state index contributed by atoms with van der Waals surface area (Å²) in [5.74, 6) is 0. The van der Waals surface area contributed by atoms with Crippen LogP contribution in [0.1, 0.15) is 0 Å². The molecule has 0 radical (unpaired) electrons. The molecule has 1 aliphatic rings. The number of fused-ring (bicyclic) bond motifs is 1. The van der Waals surface area contributed by atoms with E-state index in [-0.39, 0.29) is 5.69 Å². The molecule has 2 heterocycles. The van der Waals surface area contributed by atoms with Gasteiger partial charge in [-0.15, -0.1) is 0 Å². The molecule has 0 saturated carbocycles. The summed E-state index contributed by atoms with van der Waals surface area (Å²) in [6.45, 7) is 3.97. The second-order valence-corrected chi connectivity index (χ2v) is 5.72. The van der Waals surface area contributed by atoms with Crippen molar-refractivity contribution >= 4 is 16.6 Å². The average molecular weight is 306 g/mol. The molecule has 0 spiro atoms. The lowest BCUT2D eigenvalue weighted by atomic mass is 10.1. The molecule has 0 atom stereocenters. The predicted molar refractivity (Wildman–Crippen MR) is 92.9 cm³/mol. The molecule has 116 valence electrons. The standard InChI is InChI=1S/C18H18N4O/c23-18-20-16-7-6-14(22-10-8-19-9-11-22)12-15(16)17(21-18)13-4-2-1-3-5-13/h1-7,12,19H,8-11H2,(H,20,21,23). The lowest BCUT2D eigenvalue weighted by Crippen LogP contribution is -2.43. The van der Waals surface area contributed by atoms with Crippen LogP contribution in [0.3, 0.4) is 0 Å². The zero-order chi connectivity index (χ0) is 15.6. The van der Waals surface area contributed by atoms with Gasteiger partial charge in [0, 0.05) is 42.8 Å². The molecule has 2 aromatic carbocycles. The van der Waals surface area contributed by atoms with Crippen LogP contribution >= 0.6 is 0 Å². The van der Waals surface area contributed by atoms with Crippen LogP contribution in [0.2, 0.25) is 0 Å². The number of nitrogens with one attached hydrogen (secondary N) is 2. The van der Waals surface area contributed by atoms with Crippen molar-refractivity contribution in [1.82, 2.24) is 15.3 Å². The Kier molecular flexibility index (Phi) is 3.55. The summed E-state index contributed by atoms with van der Waals surface area (Å²) in [6, 6.07) is 16.0. The summed E-state index contributed by atoms with van der Waals surface area (Å²) in [4.78, 5) is 21.3. The van der Waals surface area contributed by atoms with E-state index in [1.165, 1.54) is 5.69 Å². The van der Waals surface area contributed by atoms with E-state index in [0.717, 1.165) is 48.3 Å². The van der Waals surface area contributed by atoms with Gasteiger partial charge in [0.05, 0.1) is 11.2 Å². The van der Waals surface area contributed by atoms with Gasteiger partial charge >= 0.3 is 5.69 Å². The molecule has 0 bridgehead atoms. The Labute approximate surface area is 134 Å². The van der Waals surface area contributed by atoms with E-state index in [2.05, 4.69) is 32.3 Å². The highest BCUT2D eigenvalue weighted by Gasteiger charge is 2.13. The van der Waals surface area contributed by atoms with Crippen LogP contribution < -0.4 is 15.9 Å². The number of nitrogens with zero attached hydrogens (tertiary/aromatic N) is 2. The molecule has 23 heavy (non-hydrogen) atoms. The zero-order valence-electron chi connectivity index (χ0n) is 12.7. The number of benzene rings is 2. The molecular formula is C18H18N4O. The van der Waals surface area contributed by atoms with Crippen molar-refractivity contribution in [2.24, 2.45) is 0 Å². The molecule has 4 rings (SSSR count). The molecule has 1 aliphatic heterocycles. The summed E-state index contributed by atoms with van der Waals surface area (Å²) in [6.07, 6.45) is 0. The van der Waals surface area contributed by atoms with Gasteiger partial charge in [0.2, 0.25) is 0 Å². The van der Waals surface area contributed by atoms with Gasteiger partial charge in [-0.25, -0.2) is 4.79 Å². The number of aromatic nitrogens is 2. The van der Waals surface area contributed by atoms with E-state index in [9.17, 15) is 4.79 Å². The Bertz CT molecular complexity index is 882. The van der Waals surface area contributed by atoms with Crippen molar-refractivity contribution in [3.63, 3.8) is 0 Å². The monoisotopic (exact) mass is 306 g/mol. The van der Waals surface area contributed by atoms with Crippen molar-refractivity contribution in [2.45, 2.75) is 0 Å². The molecule has 2 N–H and O–H groups in total. The van der Waals surface area contributed by atoms with Gasteiger partial charge in [-0.3, -0.25) is 0 Å². The van der Waals surface area contributed by atoms with E-state index in [4.69, 9.17) is 0 Å². The fourth-order valence-electron chi connectivity index (χ4n) is 3.08. The number of anilines is 1. The minimum Gasteiger partial charge on any atom is -0.369 e. The fourth-order valence-corrected chi connectivity index (χ4v) is 3.08. The van der Waals surface area contributed by atoms with E-state index in [1.807, 2.05) is 36.4 Å². The maximum absolute atomic E-state index is 11.9. The first kappa shape index (κ1) is 14.0. The lowest BCUT2D eigenvalue weighted by molar-refractivity contribution is 0.589. The van der Waals surface area contributed by atoms with Crippen molar-refractivity contribution in [3.8, 4) is 11.3 Å². The molecule has 1 saturated heterocycles. The third kappa shape index (κ3) is 2.71. The highest BCUT2D eigenvalue weighted by atomic mass is 16.1. The minimum atomic E-state index is -0.314. The Morgan fingerprint density at radius 2 is 1.78 bits per heavy atom. The van der Waals surface area contributed by atoms with Crippen LogP contribution in [0.4, 0.5) is 5.69 Å². The maximum atomic E-state index is 11.9. The first-order chi connectivity index (χ1) is 11.3. The van der Waals surface area contributed by atoms with Gasteiger partial charge < -0.3 is 15.2 Å². The maximum Gasteiger partial charge on any atom is 0.345 e. The zero-order valence-corrected chi connectivity index (χ0v) is 12.7. The van der Waals surface area contributed by atoms with Crippen LogP contribution in [-0.2, 0) is 0 Å². The van der Waals surface area contributed by atoms with Gasteiger partial charge in [0.15, 0.2) is 0 Å². The molecule has 1 aromatic heterocycles. The number of hydrogen-bond donors (Lipinski definition) is 2. The summed E-state index contributed by atoms with van der Waals surface area (Å²) in [7, 11) is 0. The molecule has 3 aromatic rings. The van der Waals surface area contributed by atoms with Crippen LogP contribution in [0.25, 0.3) is 22.2 Å². The highest BCUT2D eigenvalue weighted by molar-refractivity contribution is 5.94. The predicted octanol–water partition coefficient (Wildman–Crippen LogP) is 2.00. The van der Waals surface area contributed by atoms with Crippen molar-refractivity contribution in [1.29, 1.82) is 0 Å². The first-order valence-electron chi connectivity index (χ1n) is 7.86. The summed E-state index contributed by atoms with van der Waals surface area (Å²) >= 11 is 0. The molecular weight excluding hydrogens is 288 g/mol. The highest BCUT2D eigenvalue weighted by Crippen LogP contribution is 2.28. The van der Waals surface area contributed by atoms with Crippen molar-refractivity contribution in [2.75, 3.05) is 31.1 Å². The number of piperazine rings is 1. The summed E-state index contributed by atoms with van der Waals surface area (Å²) in [5, 5.41) is 4.34. The van der Waals surface area contributed by atoms with Gasteiger partial charge in [-0.2, -0.15) is 4.98 Å². The molecule has 0 unspecified atom stereocenters. The second kappa shape index (κ2) is 5.85. The third-order valence-corrected chi connectivity index (χ3v) is 4.24. The topological polar surface area (TPSA) is 61.0 Å². The quantitative estimate of drug-likeness (QED) is 0.760. The minimum absolute atomic E-state index is 0.314. The van der Waals surface area contributed by atoms with Crippen LogP contribution in [0.15, 0.2) is 53.3 Å². The van der Waals surface area contributed by atoms with E-state index in [1.54, 1.807) is 0 Å². The number of aromatic amines is 1. The SMILES string of the molecule is O=c1nc(-c2ccccc2)c2cc(N3CCNCC3)ccc2[nH]1. The van der Waals surface area contributed by atoms with Crippen molar-refractivity contribution in [3.05, 3.63) is 59.0 Å². The molecule has 1 fully saturated rings. The van der Waals surface area contributed by atoms with Gasteiger partial charge in [0.1, 0.15) is 0 Å². The number of rotatable bonds is 2. The Morgan fingerprint density at radius 1 is 1.00 bits per heavy atom. The van der Waals surface area contributed by atoms with Gasteiger partial charge in [-0.05, 0) is 18.2 Å². The number of hydrogen-bond acceptors (Lipinski definition) is 4. The van der Waals surface area contributed by atoms with E-state index in [0.29, 0.717) is 0 Å². The van der Waals surface area contributed by atoms with Gasteiger partial charge in [-0.1, -0.05) is 30.3 Å². The fraction of sp³-hybridized carbons (Fsp3) is 0.222. The first-order valence-corrected chi connectivity index (χ1v) is 7.86. The summed E-state index contributed by atoms with van der Waals surface area (Å²) in [5.41, 5.74) is 3.38. The van der Waals surface area contributed by atoms with E-state index >= 15 is 0 Å². The second-order valence-electron chi connectivity index (χ2n) is 5.72. The van der Waals surface area contributed by atoms with Crippen molar-refractivity contribution < 1.29 is 0 Å². The molecule has 5 heteroatoms. The number of H-pyrrole nitrogens is 1. The lowest BCUT2D eigenvalue weighted by Gasteiger charge is -2.29. The van der Waals surface area contributed by atoms with Crippen LogP contribution in [0.5, 0.6) is 0 Å². The molecule has 0 aliphatic carbocycles. The Morgan fingerprint density at radius 3 is 2.57 bits per heavy atom. The average Bonchev–Trinajstić information content (AvgIpc) is 2.62. The Balaban J connectivity index is 1.89. The largest absolute Gasteiger partial charge is 0.369 e. The van der Waals surface area contributed by atoms with Gasteiger partial charge in [0.25, 0.3) is 0 Å². The third-order valence-electron chi connectivity index (χ3n) is 4.24. The van der Waals surface area contributed by atoms with Crippen LogP contribution in [0, 0.1) is 0 Å². The molecule has 0 amide bonds. The Hall–Kier alpha value is -2.66.